The van der Waals surface area contributed by atoms with Gasteiger partial charge in [0.2, 0.25) is 0 Å². The van der Waals surface area contributed by atoms with Crippen molar-refractivity contribution in [2.45, 2.75) is 156 Å². The lowest BCUT2D eigenvalue weighted by Gasteiger charge is -2.50. The monoisotopic (exact) mass is 981 g/mol. The SMILES string of the molecule is CC(C)(C)c1ccc(N2c3cc4c(cc3B3c5cc6c(cc5N(c5ccc(C(C)(C)C)cc5-c5ccccc5)c5cc(C(C)(C)C)cc2c53)C(C)(C)c2ccccc2C6(C)C)C(C)(C)c2ccccc2C4(C)C)cc1. The molecule has 4 aliphatic rings. The number of nitrogens with zero attached hydrogens (tertiary/aromatic N) is 2. The van der Waals surface area contributed by atoms with E-state index in [1.54, 1.807) is 0 Å². The van der Waals surface area contributed by atoms with Gasteiger partial charge in [0.05, 0.1) is 5.69 Å². The van der Waals surface area contributed by atoms with Crippen molar-refractivity contribution in [1.29, 1.82) is 0 Å². The summed E-state index contributed by atoms with van der Waals surface area (Å²) in [4.78, 5) is 5.38. The summed E-state index contributed by atoms with van der Waals surface area (Å²) in [5, 5.41) is 0. The molecule has 0 saturated heterocycles. The van der Waals surface area contributed by atoms with Gasteiger partial charge in [0.1, 0.15) is 0 Å². The first-order valence-corrected chi connectivity index (χ1v) is 27.8. The number of rotatable bonds is 3. The number of fused-ring (bicyclic) bond motifs is 8. The Balaban J connectivity index is 1.26. The second kappa shape index (κ2) is 16.0. The molecule has 378 valence electrons. The summed E-state index contributed by atoms with van der Waals surface area (Å²) >= 11 is 0. The first-order chi connectivity index (χ1) is 35.1. The van der Waals surface area contributed by atoms with Crippen molar-refractivity contribution in [2.24, 2.45) is 0 Å². The van der Waals surface area contributed by atoms with Crippen LogP contribution >= 0.6 is 0 Å². The van der Waals surface area contributed by atoms with E-state index in [0.717, 1.165) is 0 Å². The first kappa shape index (κ1) is 49.3. The Morgan fingerprint density at radius 1 is 0.320 bits per heavy atom. The van der Waals surface area contributed by atoms with Gasteiger partial charge in [0, 0.05) is 55.7 Å². The molecular formula is C72H77BN2. The van der Waals surface area contributed by atoms with Gasteiger partial charge in [0.15, 0.2) is 0 Å². The van der Waals surface area contributed by atoms with Gasteiger partial charge in [-0.15, -0.1) is 0 Å². The Morgan fingerprint density at radius 3 is 1.15 bits per heavy atom. The molecule has 0 fully saturated rings. The molecule has 0 N–H and O–H groups in total. The summed E-state index contributed by atoms with van der Waals surface area (Å²) in [5.74, 6) is 0. The molecule has 0 spiro atoms. The van der Waals surface area contributed by atoms with E-state index in [-0.39, 0.29) is 44.6 Å². The van der Waals surface area contributed by atoms with Crippen LogP contribution in [0.3, 0.4) is 0 Å². The van der Waals surface area contributed by atoms with Crippen LogP contribution < -0.4 is 26.2 Å². The minimum Gasteiger partial charge on any atom is -0.311 e. The maximum Gasteiger partial charge on any atom is 0.252 e. The Hall–Kier alpha value is -6.58. The van der Waals surface area contributed by atoms with Gasteiger partial charge < -0.3 is 9.80 Å². The molecule has 0 aromatic heterocycles. The Labute approximate surface area is 450 Å². The normalized spacial score (nSPS) is 17.2. The van der Waals surface area contributed by atoms with E-state index < -0.39 is 0 Å². The molecule has 0 radical (unpaired) electrons. The molecule has 0 bridgehead atoms. The zero-order valence-corrected chi connectivity index (χ0v) is 48.0. The molecule has 0 amide bonds. The highest BCUT2D eigenvalue weighted by atomic mass is 15.2. The van der Waals surface area contributed by atoms with E-state index >= 15 is 0 Å². The van der Waals surface area contributed by atoms with Crippen LogP contribution in [-0.2, 0) is 37.9 Å². The quantitative estimate of drug-likeness (QED) is 0.163. The van der Waals surface area contributed by atoms with Crippen LogP contribution in [0, 0.1) is 0 Å². The van der Waals surface area contributed by atoms with Crippen molar-refractivity contribution >= 4 is 57.2 Å². The summed E-state index contributed by atoms with van der Waals surface area (Å²) < 4.78 is 0. The van der Waals surface area contributed by atoms with Gasteiger partial charge in [-0.3, -0.25) is 0 Å². The van der Waals surface area contributed by atoms with E-state index in [0.29, 0.717) is 0 Å². The smallest absolute Gasteiger partial charge is 0.252 e. The third kappa shape index (κ3) is 7.18. The summed E-state index contributed by atoms with van der Waals surface area (Å²) in [6.45, 7) is 40.8. The third-order valence-electron chi connectivity index (χ3n) is 18.6. The lowest BCUT2D eigenvalue weighted by atomic mass is 9.32. The van der Waals surface area contributed by atoms with Crippen molar-refractivity contribution in [3.63, 3.8) is 0 Å². The minimum absolute atomic E-state index is 0.0159. The zero-order chi connectivity index (χ0) is 53.3. The molecule has 0 unspecified atom stereocenters. The second-order valence-corrected chi connectivity index (χ2v) is 27.9. The first-order valence-electron chi connectivity index (χ1n) is 27.8. The van der Waals surface area contributed by atoms with Crippen LogP contribution in [0.1, 0.15) is 179 Å². The Kier molecular flexibility index (Phi) is 10.5. The largest absolute Gasteiger partial charge is 0.311 e. The van der Waals surface area contributed by atoms with E-state index in [2.05, 4.69) is 285 Å². The average molecular weight is 981 g/mol. The number of hydrogen-bond acceptors (Lipinski definition) is 2. The number of benzene rings is 8. The summed E-state index contributed by atoms with van der Waals surface area (Å²) in [5.41, 5.74) is 28.2. The lowest BCUT2D eigenvalue weighted by molar-refractivity contribution is 0.521. The molecule has 2 nitrogen and oxygen atoms in total. The molecule has 2 heterocycles. The fourth-order valence-corrected chi connectivity index (χ4v) is 14.0. The van der Waals surface area contributed by atoms with Crippen molar-refractivity contribution in [3.05, 3.63) is 219 Å². The van der Waals surface area contributed by atoms with Crippen molar-refractivity contribution in [1.82, 2.24) is 0 Å². The molecular weight excluding hydrogens is 904 g/mol. The molecule has 3 heteroatoms. The average Bonchev–Trinajstić information content (AvgIpc) is 3.41. The van der Waals surface area contributed by atoms with E-state index in [9.17, 15) is 0 Å². The predicted octanol–water partition coefficient (Wildman–Crippen LogP) is 17.3. The van der Waals surface area contributed by atoms with E-state index in [1.165, 1.54) is 123 Å². The molecule has 0 saturated carbocycles. The van der Waals surface area contributed by atoms with Crippen LogP contribution in [0.4, 0.5) is 34.1 Å². The molecule has 8 aromatic rings. The van der Waals surface area contributed by atoms with Gasteiger partial charge in [-0.05, 0) is 148 Å². The molecule has 0 atom stereocenters. The highest BCUT2D eigenvalue weighted by Gasteiger charge is 2.51. The van der Waals surface area contributed by atoms with Crippen LogP contribution in [-0.4, -0.2) is 6.71 Å². The molecule has 8 aromatic carbocycles. The van der Waals surface area contributed by atoms with Crippen molar-refractivity contribution in [2.75, 3.05) is 9.80 Å². The van der Waals surface area contributed by atoms with E-state index in [1.807, 2.05) is 0 Å². The van der Waals surface area contributed by atoms with Crippen LogP contribution in [0.15, 0.2) is 158 Å². The summed E-state index contributed by atoms with van der Waals surface area (Å²) in [6, 6.07) is 62.4. The molecule has 2 aliphatic heterocycles. The van der Waals surface area contributed by atoms with Gasteiger partial charge in [-0.1, -0.05) is 227 Å². The minimum atomic E-state index is -0.248. The lowest BCUT2D eigenvalue weighted by Crippen LogP contribution is -2.62. The van der Waals surface area contributed by atoms with E-state index in [4.69, 9.17) is 0 Å². The van der Waals surface area contributed by atoms with Gasteiger partial charge in [0.25, 0.3) is 6.71 Å². The van der Waals surface area contributed by atoms with Gasteiger partial charge in [-0.2, -0.15) is 0 Å². The standard InChI is InChI=1S/C72H77BN2/c1-66(2,3)45-31-34-48(35-32-45)74-61-42-56-54(69(10,11)50-27-21-23-29-52(50)71(56,14)15)40-58(61)73-59-41-55-57(72(16,17)53-30-24-22-28-51(53)70(55,12)13)43-62(59)75(64-39-47(68(7,8)9)38-63(74)65(64)73)60-36-33-46(67(4,5)6)37-49(60)44-25-19-18-20-26-44/h18-43H,1-17H3. The number of anilines is 6. The second-order valence-electron chi connectivity index (χ2n) is 27.9. The fraction of sp³-hybridized carbons (Fsp3) is 0.333. The van der Waals surface area contributed by atoms with Crippen molar-refractivity contribution in [3.8, 4) is 11.1 Å². The number of hydrogen-bond donors (Lipinski definition) is 0. The predicted molar refractivity (Wildman–Crippen MR) is 323 cm³/mol. The van der Waals surface area contributed by atoms with Crippen LogP contribution in [0.2, 0.25) is 0 Å². The van der Waals surface area contributed by atoms with Crippen molar-refractivity contribution < 1.29 is 0 Å². The third-order valence-corrected chi connectivity index (χ3v) is 18.6. The van der Waals surface area contributed by atoms with Crippen LogP contribution in [0.5, 0.6) is 0 Å². The topological polar surface area (TPSA) is 6.48 Å². The highest BCUT2D eigenvalue weighted by Crippen LogP contribution is 2.56. The molecule has 75 heavy (non-hydrogen) atoms. The molecule has 12 rings (SSSR count). The Bertz CT molecular complexity index is 3660. The highest BCUT2D eigenvalue weighted by molar-refractivity contribution is 7.00. The fourth-order valence-electron chi connectivity index (χ4n) is 14.0. The zero-order valence-electron chi connectivity index (χ0n) is 48.0. The van der Waals surface area contributed by atoms with Crippen LogP contribution in [0.25, 0.3) is 11.1 Å². The van der Waals surface area contributed by atoms with Gasteiger partial charge >= 0.3 is 0 Å². The maximum absolute atomic E-state index is 2.71. The Morgan fingerprint density at radius 2 is 0.707 bits per heavy atom. The molecule has 2 aliphatic carbocycles. The summed E-state index contributed by atoms with van der Waals surface area (Å²) in [6.07, 6.45) is 0. The maximum atomic E-state index is 2.71. The van der Waals surface area contributed by atoms with Gasteiger partial charge in [-0.25, -0.2) is 0 Å². The summed E-state index contributed by atoms with van der Waals surface area (Å²) in [7, 11) is 0.